The Labute approximate surface area is 446 Å². The van der Waals surface area contributed by atoms with E-state index < -0.39 is 17.9 Å². The highest BCUT2D eigenvalue weighted by molar-refractivity contribution is 6.35. The zero-order chi connectivity index (χ0) is 53.2. The highest BCUT2D eigenvalue weighted by Gasteiger charge is 2.40. The standard InChI is InChI=1S/C57H65ClFN9O8/c1-36-51(37(2)63(4)61-36)52-45(58)17-16-42-41(11-7-31-74-47-12-5-9-38-33-39(59)14-15-40(38)47)54(57(73)75-32-8-20-64-23-21-62(3)22-24-64)67(53(42)52)30-27-65-25-28-66(29-26-65)50(70)35-76-48-13-6-10-43-44(48)34-68(56(43)72)46-18-19-49(69)60-55(46)71/h5-6,9-10,12-17,33,46H,7-8,11,18-32,34-35H2,1-4H3,(H,60,69,71). The Balaban J connectivity index is 0.874. The Kier molecular flexibility index (Phi) is 15.8. The summed E-state index contributed by atoms with van der Waals surface area (Å²) in [6.45, 7) is 12.3. The number of esters is 1. The molecule has 1 atom stereocenters. The molecule has 6 aromatic rings. The number of carbonyl (C=O) groups is 5. The lowest BCUT2D eigenvalue weighted by atomic mass is 9.98. The number of rotatable bonds is 18. The fourth-order valence-corrected chi connectivity index (χ4v) is 11.6. The van der Waals surface area contributed by atoms with Crippen molar-refractivity contribution in [3.05, 3.63) is 111 Å². The first-order valence-corrected chi connectivity index (χ1v) is 26.7. The summed E-state index contributed by atoms with van der Waals surface area (Å²) >= 11 is 7.27. The van der Waals surface area contributed by atoms with Gasteiger partial charge in [-0.05, 0) is 100.0 Å². The van der Waals surface area contributed by atoms with Crippen LogP contribution in [0.5, 0.6) is 11.5 Å². The minimum atomic E-state index is -0.763. The molecule has 17 nitrogen and oxygen atoms in total. The van der Waals surface area contributed by atoms with Crippen LogP contribution in [0.4, 0.5) is 4.39 Å². The second-order valence-electron chi connectivity index (χ2n) is 20.4. The average molecular weight is 1060 g/mol. The van der Waals surface area contributed by atoms with E-state index in [4.69, 9.17) is 30.9 Å². The molecule has 1 N–H and O–H groups in total. The van der Waals surface area contributed by atoms with Crippen molar-refractivity contribution in [1.29, 1.82) is 0 Å². The lowest BCUT2D eigenvalue weighted by Crippen LogP contribution is -2.52. The Morgan fingerprint density at radius 3 is 2.30 bits per heavy atom. The number of fused-ring (bicyclic) bond motifs is 3. The summed E-state index contributed by atoms with van der Waals surface area (Å²) in [6, 6.07) is 18.5. The first-order valence-electron chi connectivity index (χ1n) is 26.4. The molecule has 0 aliphatic carbocycles. The number of nitrogens with one attached hydrogen (secondary N) is 1. The summed E-state index contributed by atoms with van der Waals surface area (Å²) in [5.41, 5.74) is 6.59. The number of piperazine rings is 2. The van der Waals surface area contributed by atoms with Crippen LogP contribution in [0.2, 0.25) is 5.02 Å². The topological polar surface area (TPSA) is 164 Å². The molecule has 0 bridgehead atoms. The van der Waals surface area contributed by atoms with E-state index in [0.717, 1.165) is 82.5 Å². The van der Waals surface area contributed by atoms with Crippen molar-refractivity contribution < 1.29 is 42.6 Å². The molecule has 6 heterocycles. The van der Waals surface area contributed by atoms with Gasteiger partial charge in [-0.25, -0.2) is 9.18 Å². The molecule has 4 amide bonds. The summed E-state index contributed by atoms with van der Waals surface area (Å²) in [5, 5.41) is 10.1. The molecule has 1 unspecified atom stereocenters. The SMILES string of the molecule is Cc1nn(C)c(C)c1-c1c(Cl)ccc2c(CCCOc3cccc4cc(F)ccc34)c(C(=O)OCCCN3CCN(C)CC3)n(CCN3CCN(C(=O)COc4cccc5c4CN(C4CCC(=O)NC4=O)C5=O)CC3)c12. The third kappa shape index (κ3) is 10.9. The molecule has 19 heteroatoms. The van der Waals surface area contributed by atoms with Crippen LogP contribution >= 0.6 is 11.6 Å². The predicted octanol–water partition coefficient (Wildman–Crippen LogP) is 6.39. The third-order valence-corrected chi connectivity index (χ3v) is 15.9. The number of nitrogens with zero attached hydrogens (tertiary/aromatic N) is 8. The molecule has 0 saturated carbocycles. The molecule has 2 aromatic heterocycles. The number of piperidine rings is 1. The second kappa shape index (κ2) is 22.8. The monoisotopic (exact) mass is 1060 g/mol. The molecular formula is C57H65ClFN9O8. The molecule has 3 fully saturated rings. The Morgan fingerprint density at radius 2 is 1.54 bits per heavy atom. The first kappa shape index (κ1) is 52.6. The number of amides is 4. The van der Waals surface area contributed by atoms with E-state index >= 15 is 0 Å². The fourth-order valence-electron chi connectivity index (χ4n) is 11.3. The van der Waals surface area contributed by atoms with E-state index in [1.165, 1.54) is 17.0 Å². The van der Waals surface area contributed by atoms with E-state index in [9.17, 15) is 28.4 Å². The van der Waals surface area contributed by atoms with Crippen LogP contribution in [0.1, 0.15) is 69.0 Å². The lowest BCUT2D eigenvalue weighted by Gasteiger charge is -2.35. The molecular weight excluding hydrogens is 993 g/mol. The molecule has 0 radical (unpaired) electrons. The van der Waals surface area contributed by atoms with Crippen molar-refractivity contribution in [1.82, 2.24) is 44.2 Å². The van der Waals surface area contributed by atoms with Gasteiger partial charge in [-0.3, -0.25) is 34.1 Å². The third-order valence-electron chi connectivity index (χ3n) is 15.6. The first-order chi connectivity index (χ1) is 36.7. The minimum Gasteiger partial charge on any atom is -0.493 e. The molecule has 400 valence electrons. The van der Waals surface area contributed by atoms with Crippen LogP contribution in [0, 0.1) is 19.7 Å². The fraction of sp³-hybridized carbons (Fsp3) is 0.439. The Morgan fingerprint density at radius 1 is 0.803 bits per heavy atom. The maximum absolute atomic E-state index is 14.9. The smallest absolute Gasteiger partial charge is 0.355 e. The molecule has 4 aliphatic rings. The molecule has 4 aliphatic heterocycles. The van der Waals surface area contributed by atoms with E-state index in [1.807, 2.05) is 55.9 Å². The van der Waals surface area contributed by atoms with Crippen LogP contribution < -0.4 is 14.8 Å². The van der Waals surface area contributed by atoms with Crippen molar-refractivity contribution in [3.63, 3.8) is 0 Å². The van der Waals surface area contributed by atoms with Crippen molar-refractivity contribution in [2.45, 2.75) is 65.1 Å². The van der Waals surface area contributed by atoms with Gasteiger partial charge in [0.15, 0.2) is 6.61 Å². The normalized spacial score (nSPS) is 17.7. The number of likely N-dealkylation sites (N-methyl/N-ethyl adjacent to an activating group) is 1. The van der Waals surface area contributed by atoms with E-state index in [-0.39, 0.29) is 56.1 Å². The zero-order valence-electron chi connectivity index (χ0n) is 43.7. The van der Waals surface area contributed by atoms with Crippen LogP contribution in [-0.4, -0.2) is 167 Å². The van der Waals surface area contributed by atoms with Crippen molar-refractivity contribution >= 4 is 62.9 Å². The second-order valence-corrected chi connectivity index (χ2v) is 20.8. The zero-order valence-corrected chi connectivity index (χ0v) is 44.4. The summed E-state index contributed by atoms with van der Waals surface area (Å²) in [4.78, 5) is 76.7. The lowest BCUT2D eigenvalue weighted by molar-refractivity contribution is -0.137. The van der Waals surface area contributed by atoms with Gasteiger partial charge in [0.05, 0.1) is 36.0 Å². The van der Waals surface area contributed by atoms with Crippen LogP contribution in [0.15, 0.2) is 66.7 Å². The highest BCUT2D eigenvalue weighted by atomic mass is 35.5. The van der Waals surface area contributed by atoms with Gasteiger partial charge in [-0.2, -0.15) is 5.10 Å². The molecule has 10 rings (SSSR count). The van der Waals surface area contributed by atoms with Gasteiger partial charge in [-0.1, -0.05) is 35.9 Å². The van der Waals surface area contributed by atoms with Crippen LogP contribution in [0.25, 0.3) is 32.8 Å². The number of imide groups is 1. The van der Waals surface area contributed by atoms with E-state index in [1.54, 1.807) is 29.2 Å². The number of aryl methyl sites for hydroxylation is 3. The number of carbonyl (C=O) groups excluding carboxylic acids is 5. The Bertz CT molecular complexity index is 3210. The van der Waals surface area contributed by atoms with Crippen LogP contribution in [0.3, 0.4) is 0 Å². The molecule has 76 heavy (non-hydrogen) atoms. The van der Waals surface area contributed by atoms with Crippen molar-refractivity contribution in [3.8, 4) is 22.6 Å². The van der Waals surface area contributed by atoms with Gasteiger partial charge >= 0.3 is 5.97 Å². The quantitative estimate of drug-likeness (QED) is 0.0574. The molecule has 0 spiro atoms. The Hall–Kier alpha value is -6.86. The van der Waals surface area contributed by atoms with Gasteiger partial charge in [-0.15, -0.1) is 0 Å². The molecule has 3 saturated heterocycles. The van der Waals surface area contributed by atoms with Gasteiger partial charge in [0.25, 0.3) is 11.8 Å². The van der Waals surface area contributed by atoms with E-state index in [2.05, 4.69) is 31.6 Å². The maximum Gasteiger partial charge on any atom is 0.355 e. The summed E-state index contributed by atoms with van der Waals surface area (Å²) in [5.74, 6) is -1.01. The molecule has 4 aromatic carbocycles. The number of ether oxygens (including phenoxy) is 3. The number of benzene rings is 4. The number of hydrogen-bond acceptors (Lipinski definition) is 12. The van der Waals surface area contributed by atoms with Gasteiger partial charge < -0.3 is 38.4 Å². The van der Waals surface area contributed by atoms with Crippen LogP contribution in [-0.2, 0) is 45.7 Å². The number of hydrogen-bond donors (Lipinski definition) is 1. The van der Waals surface area contributed by atoms with Crippen molar-refractivity contribution in [2.75, 3.05) is 92.3 Å². The number of aromatic nitrogens is 3. The highest BCUT2D eigenvalue weighted by Crippen LogP contribution is 2.43. The average Bonchev–Trinajstić information content (AvgIpc) is 4.07. The minimum absolute atomic E-state index is 0.136. The van der Waals surface area contributed by atoms with E-state index in [0.29, 0.717) is 98.5 Å². The largest absolute Gasteiger partial charge is 0.493 e. The summed E-state index contributed by atoms with van der Waals surface area (Å²) in [7, 11) is 4.04. The van der Waals surface area contributed by atoms with Gasteiger partial charge in [0.1, 0.15) is 29.1 Å². The summed E-state index contributed by atoms with van der Waals surface area (Å²) in [6.07, 6.45) is 2.15. The summed E-state index contributed by atoms with van der Waals surface area (Å²) < 4.78 is 36.8. The van der Waals surface area contributed by atoms with Gasteiger partial charge in [0, 0.05) is 124 Å². The number of halogens is 2. The van der Waals surface area contributed by atoms with Crippen molar-refractivity contribution in [2.24, 2.45) is 7.05 Å². The maximum atomic E-state index is 14.9. The predicted molar refractivity (Wildman–Crippen MR) is 286 cm³/mol. The van der Waals surface area contributed by atoms with Gasteiger partial charge in [0.2, 0.25) is 11.8 Å².